The number of hydrogen-bond acceptors (Lipinski definition) is 5. The predicted molar refractivity (Wildman–Crippen MR) is 79.9 cm³/mol. The summed E-state index contributed by atoms with van der Waals surface area (Å²) in [7, 11) is 1.46. The van der Waals surface area contributed by atoms with Crippen LogP contribution >= 0.6 is 34.3 Å². The van der Waals surface area contributed by atoms with Gasteiger partial charge >= 0.3 is 6.03 Å². The number of hydrogen-bond donors (Lipinski definition) is 3. The van der Waals surface area contributed by atoms with Gasteiger partial charge in [0.05, 0.1) is 21.3 Å². The maximum absolute atomic E-state index is 11.6. The van der Waals surface area contributed by atoms with Gasteiger partial charge in [-0.1, -0.05) is 11.6 Å². The molecule has 0 unspecified atom stereocenters. The molecule has 2 rings (SSSR count). The Hall–Kier alpha value is -1.64. The third-order valence-electron chi connectivity index (χ3n) is 2.22. The minimum atomic E-state index is -0.481. The zero-order valence-corrected chi connectivity index (χ0v) is 12.8. The van der Waals surface area contributed by atoms with E-state index in [9.17, 15) is 9.59 Å². The number of thiazole rings is 1. The highest BCUT2D eigenvalue weighted by atomic mass is 35.5. The van der Waals surface area contributed by atoms with Crippen molar-refractivity contribution in [2.45, 2.75) is 6.42 Å². The van der Waals surface area contributed by atoms with E-state index in [1.807, 2.05) is 17.5 Å². The Bertz CT molecular complexity index is 625. The summed E-state index contributed by atoms with van der Waals surface area (Å²) in [6.07, 6.45) is 0.0968. The van der Waals surface area contributed by atoms with Crippen molar-refractivity contribution in [3.05, 3.63) is 27.5 Å². The molecule has 2 aromatic heterocycles. The number of rotatable bonds is 3. The summed E-state index contributed by atoms with van der Waals surface area (Å²) < 4.78 is 0.698. The molecule has 0 aliphatic carbocycles. The molecule has 3 N–H and O–H groups in total. The summed E-state index contributed by atoms with van der Waals surface area (Å²) in [5.74, 6) is -0.338. The minimum absolute atomic E-state index is 0.0968. The molecule has 20 heavy (non-hydrogen) atoms. The molecule has 9 heteroatoms. The number of hydrazine groups is 1. The maximum Gasteiger partial charge on any atom is 0.333 e. The SMILES string of the molecule is CNC(=O)NNC(=O)Cc1csc(-c2ccc(Cl)s2)n1. The van der Waals surface area contributed by atoms with Crippen LogP contribution in [-0.4, -0.2) is 24.0 Å². The fraction of sp³-hybridized carbons (Fsp3) is 0.182. The summed E-state index contributed by atoms with van der Waals surface area (Å²) in [5.41, 5.74) is 5.13. The fourth-order valence-electron chi connectivity index (χ4n) is 1.33. The molecule has 0 spiro atoms. The normalized spacial score (nSPS) is 10.1. The van der Waals surface area contributed by atoms with Gasteiger partial charge in [0.15, 0.2) is 0 Å². The van der Waals surface area contributed by atoms with E-state index in [0.29, 0.717) is 10.0 Å². The third kappa shape index (κ3) is 3.92. The molecule has 2 aromatic rings. The Kier molecular flexibility index (Phi) is 4.94. The average Bonchev–Trinajstić information content (AvgIpc) is 3.05. The number of urea groups is 1. The third-order valence-corrected chi connectivity index (χ3v) is 4.51. The van der Waals surface area contributed by atoms with Crippen LogP contribution in [-0.2, 0) is 11.2 Å². The molecule has 106 valence electrons. The van der Waals surface area contributed by atoms with E-state index in [1.54, 1.807) is 0 Å². The highest BCUT2D eigenvalue weighted by molar-refractivity contribution is 7.23. The Morgan fingerprint density at radius 2 is 2.15 bits per heavy atom. The summed E-state index contributed by atoms with van der Waals surface area (Å²) in [5, 5.41) is 4.95. The van der Waals surface area contributed by atoms with Crippen LogP contribution in [0, 0.1) is 0 Å². The van der Waals surface area contributed by atoms with Crippen LogP contribution in [0.15, 0.2) is 17.5 Å². The zero-order valence-electron chi connectivity index (χ0n) is 10.4. The second kappa shape index (κ2) is 6.69. The molecular formula is C11H11ClN4O2S2. The van der Waals surface area contributed by atoms with E-state index in [0.717, 1.165) is 9.88 Å². The van der Waals surface area contributed by atoms with E-state index in [4.69, 9.17) is 11.6 Å². The molecule has 6 nitrogen and oxygen atoms in total. The molecule has 0 aliphatic heterocycles. The van der Waals surface area contributed by atoms with Crippen LogP contribution in [0.1, 0.15) is 5.69 Å². The lowest BCUT2D eigenvalue weighted by molar-refractivity contribution is -0.121. The number of amides is 3. The summed E-state index contributed by atoms with van der Waals surface area (Å²) in [6, 6.07) is 3.22. The van der Waals surface area contributed by atoms with Gasteiger partial charge in [-0.15, -0.1) is 22.7 Å². The van der Waals surface area contributed by atoms with Crippen molar-refractivity contribution in [1.82, 2.24) is 21.2 Å². The van der Waals surface area contributed by atoms with Crippen LogP contribution in [0.25, 0.3) is 9.88 Å². The molecule has 0 aliphatic rings. The average molecular weight is 331 g/mol. The predicted octanol–water partition coefficient (Wildman–Crippen LogP) is 2.03. The molecule has 0 radical (unpaired) electrons. The van der Waals surface area contributed by atoms with Gasteiger partial charge in [0, 0.05) is 12.4 Å². The van der Waals surface area contributed by atoms with Gasteiger partial charge in [-0.3, -0.25) is 10.2 Å². The standard InChI is InChI=1S/C11H11ClN4O2S2/c1-13-11(18)16-15-9(17)4-6-5-19-10(14-6)7-2-3-8(12)20-7/h2-3,5H,4H2,1H3,(H,15,17)(H2,13,16,18). The van der Waals surface area contributed by atoms with Gasteiger partial charge in [-0.25, -0.2) is 15.2 Å². The monoisotopic (exact) mass is 330 g/mol. The van der Waals surface area contributed by atoms with Gasteiger partial charge in [0.1, 0.15) is 5.01 Å². The molecule has 0 atom stereocenters. The Morgan fingerprint density at radius 3 is 2.80 bits per heavy atom. The second-order valence-corrected chi connectivity index (χ2v) is 6.25. The van der Waals surface area contributed by atoms with Crippen LogP contribution in [0.5, 0.6) is 0 Å². The van der Waals surface area contributed by atoms with Crippen LogP contribution in [0.2, 0.25) is 4.34 Å². The first kappa shape index (κ1) is 14.8. The molecular weight excluding hydrogens is 320 g/mol. The lowest BCUT2D eigenvalue weighted by atomic mass is 10.3. The van der Waals surface area contributed by atoms with Crippen molar-refractivity contribution in [3.63, 3.8) is 0 Å². The van der Waals surface area contributed by atoms with Gasteiger partial charge < -0.3 is 5.32 Å². The molecule has 2 heterocycles. The molecule has 0 saturated carbocycles. The van der Waals surface area contributed by atoms with Crippen molar-refractivity contribution in [2.75, 3.05) is 7.05 Å². The first-order chi connectivity index (χ1) is 9.58. The number of carbonyl (C=O) groups is 2. The van der Waals surface area contributed by atoms with Crippen LogP contribution in [0.3, 0.4) is 0 Å². The van der Waals surface area contributed by atoms with E-state index in [2.05, 4.69) is 21.2 Å². The lowest BCUT2D eigenvalue weighted by Crippen LogP contribution is -2.46. The number of aromatic nitrogens is 1. The van der Waals surface area contributed by atoms with E-state index in [-0.39, 0.29) is 12.3 Å². The fourth-order valence-corrected chi connectivity index (χ4v) is 3.26. The molecule has 0 bridgehead atoms. The molecule has 0 saturated heterocycles. The van der Waals surface area contributed by atoms with Crippen molar-refractivity contribution >= 4 is 46.2 Å². The maximum atomic E-state index is 11.6. The largest absolute Gasteiger partial charge is 0.340 e. The van der Waals surface area contributed by atoms with Crippen molar-refractivity contribution in [1.29, 1.82) is 0 Å². The Labute approximate surface area is 128 Å². The number of halogens is 1. The number of nitrogens with one attached hydrogen (secondary N) is 3. The Balaban J connectivity index is 1.93. The van der Waals surface area contributed by atoms with Gasteiger partial charge in [-0.05, 0) is 12.1 Å². The summed E-state index contributed by atoms with van der Waals surface area (Å²) in [6.45, 7) is 0. The van der Waals surface area contributed by atoms with Gasteiger partial charge in [0.25, 0.3) is 0 Å². The van der Waals surface area contributed by atoms with Crippen molar-refractivity contribution in [2.24, 2.45) is 0 Å². The van der Waals surface area contributed by atoms with Gasteiger partial charge in [0.2, 0.25) is 5.91 Å². The van der Waals surface area contributed by atoms with Crippen molar-refractivity contribution in [3.8, 4) is 9.88 Å². The van der Waals surface area contributed by atoms with Gasteiger partial charge in [-0.2, -0.15) is 0 Å². The van der Waals surface area contributed by atoms with E-state index >= 15 is 0 Å². The molecule has 0 fully saturated rings. The summed E-state index contributed by atoms with van der Waals surface area (Å²) >= 11 is 8.76. The Morgan fingerprint density at radius 1 is 1.35 bits per heavy atom. The second-order valence-electron chi connectivity index (χ2n) is 3.68. The van der Waals surface area contributed by atoms with Crippen LogP contribution in [0.4, 0.5) is 4.79 Å². The van der Waals surface area contributed by atoms with E-state index < -0.39 is 6.03 Å². The highest BCUT2D eigenvalue weighted by Gasteiger charge is 2.10. The number of nitrogens with zero attached hydrogens (tertiary/aromatic N) is 1. The minimum Gasteiger partial charge on any atom is -0.340 e. The topological polar surface area (TPSA) is 83.1 Å². The quantitative estimate of drug-likeness (QED) is 0.753. The molecule has 0 aromatic carbocycles. The highest BCUT2D eigenvalue weighted by Crippen LogP contribution is 2.32. The lowest BCUT2D eigenvalue weighted by Gasteiger charge is -2.04. The number of carbonyl (C=O) groups excluding carboxylic acids is 2. The first-order valence-electron chi connectivity index (χ1n) is 5.55. The van der Waals surface area contributed by atoms with Crippen LogP contribution < -0.4 is 16.2 Å². The van der Waals surface area contributed by atoms with Crippen molar-refractivity contribution < 1.29 is 9.59 Å². The summed E-state index contributed by atoms with van der Waals surface area (Å²) in [4.78, 5) is 27.8. The van der Waals surface area contributed by atoms with E-state index in [1.165, 1.54) is 29.7 Å². The molecule has 3 amide bonds. The first-order valence-corrected chi connectivity index (χ1v) is 7.62. The number of thiophene rings is 1. The smallest absolute Gasteiger partial charge is 0.333 e. The zero-order chi connectivity index (χ0) is 14.5.